The van der Waals surface area contributed by atoms with E-state index in [1.165, 1.54) is 0 Å². The van der Waals surface area contributed by atoms with E-state index in [4.69, 9.17) is 0 Å². The third-order valence-electron chi connectivity index (χ3n) is 5.22. The van der Waals surface area contributed by atoms with Crippen molar-refractivity contribution in [2.24, 2.45) is 11.3 Å². The van der Waals surface area contributed by atoms with Crippen LogP contribution in [0.2, 0.25) is 0 Å². The van der Waals surface area contributed by atoms with Gasteiger partial charge in [0, 0.05) is 35.9 Å². The number of carbonyl (C=O) groups is 2. The maximum absolute atomic E-state index is 12.8. The first-order valence-electron chi connectivity index (χ1n) is 9.75. The van der Waals surface area contributed by atoms with Crippen molar-refractivity contribution in [1.29, 1.82) is 0 Å². The molecular formula is C21H31N3O2. The molecule has 0 radical (unpaired) electrons. The van der Waals surface area contributed by atoms with Gasteiger partial charge < -0.3 is 15.5 Å². The van der Waals surface area contributed by atoms with Gasteiger partial charge in [-0.15, -0.1) is 0 Å². The largest absolute Gasteiger partial charge is 0.371 e. The Hall–Kier alpha value is -2.04. The summed E-state index contributed by atoms with van der Waals surface area (Å²) in [4.78, 5) is 27.4. The fourth-order valence-corrected chi connectivity index (χ4v) is 3.13. The molecule has 2 N–H and O–H groups in total. The molecule has 1 saturated carbocycles. The zero-order valence-electron chi connectivity index (χ0n) is 16.4. The maximum Gasteiger partial charge on any atom is 0.253 e. The van der Waals surface area contributed by atoms with Crippen molar-refractivity contribution in [3.63, 3.8) is 0 Å². The van der Waals surface area contributed by atoms with Crippen molar-refractivity contribution in [3.8, 4) is 0 Å². The van der Waals surface area contributed by atoms with Crippen LogP contribution in [0.4, 0.5) is 11.4 Å². The third-order valence-corrected chi connectivity index (χ3v) is 5.22. The Bertz CT molecular complexity index is 681. The van der Waals surface area contributed by atoms with E-state index in [9.17, 15) is 9.59 Å². The summed E-state index contributed by atoms with van der Waals surface area (Å²) in [5, 5.41) is 6.04. The average Bonchev–Trinajstić information content (AvgIpc) is 3.39. The molecule has 0 spiro atoms. The maximum atomic E-state index is 12.8. The van der Waals surface area contributed by atoms with Gasteiger partial charge in [-0.05, 0) is 49.8 Å². The summed E-state index contributed by atoms with van der Waals surface area (Å²) in [6, 6.07) is 6.03. The van der Waals surface area contributed by atoms with Gasteiger partial charge in [-0.25, -0.2) is 0 Å². The van der Waals surface area contributed by atoms with E-state index in [0.29, 0.717) is 17.3 Å². The number of nitrogens with one attached hydrogen (secondary N) is 2. The second kappa shape index (κ2) is 7.29. The molecule has 3 rings (SSSR count). The highest BCUT2D eigenvalue weighted by molar-refractivity contribution is 6.02. The lowest BCUT2D eigenvalue weighted by Crippen LogP contribution is -2.35. The number of nitrogens with zero attached hydrogens (tertiary/aromatic N) is 1. The van der Waals surface area contributed by atoms with Crippen LogP contribution in [-0.4, -0.2) is 30.9 Å². The number of piperidine rings is 1. The lowest BCUT2D eigenvalue weighted by molar-refractivity contribution is -0.123. The van der Waals surface area contributed by atoms with Crippen LogP contribution in [0.1, 0.15) is 63.7 Å². The molecule has 26 heavy (non-hydrogen) atoms. The normalized spacial score (nSPS) is 18.5. The first-order valence-corrected chi connectivity index (χ1v) is 9.75. The van der Waals surface area contributed by atoms with Crippen LogP contribution in [0.5, 0.6) is 0 Å². The number of benzene rings is 1. The van der Waals surface area contributed by atoms with Crippen molar-refractivity contribution in [1.82, 2.24) is 5.32 Å². The van der Waals surface area contributed by atoms with E-state index in [-0.39, 0.29) is 11.8 Å². The minimum Gasteiger partial charge on any atom is -0.371 e. The predicted molar refractivity (Wildman–Crippen MR) is 106 cm³/mol. The SMILES string of the molecule is CC1CCN(c2ccc(NC(=O)C(C)(C)C)cc2C(=O)NC2CC2)CC1. The molecule has 1 aromatic carbocycles. The van der Waals surface area contributed by atoms with Gasteiger partial charge in [-0.3, -0.25) is 9.59 Å². The van der Waals surface area contributed by atoms with E-state index < -0.39 is 5.41 Å². The highest BCUT2D eigenvalue weighted by Gasteiger charge is 2.28. The molecule has 142 valence electrons. The van der Waals surface area contributed by atoms with Crippen LogP contribution in [0.3, 0.4) is 0 Å². The lowest BCUT2D eigenvalue weighted by Gasteiger charge is -2.33. The molecule has 1 aliphatic carbocycles. The molecule has 1 aliphatic heterocycles. The van der Waals surface area contributed by atoms with Crippen molar-refractivity contribution in [2.75, 3.05) is 23.3 Å². The van der Waals surface area contributed by atoms with Crippen LogP contribution in [-0.2, 0) is 4.79 Å². The van der Waals surface area contributed by atoms with Crippen molar-refractivity contribution in [2.45, 2.75) is 59.4 Å². The highest BCUT2D eigenvalue weighted by Crippen LogP contribution is 2.30. The summed E-state index contributed by atoms with van der Waals surface area (Å²) >= 11 is 0. The van der Waals surface area contributed by atoms with Gasteiger partial charge in [-0.1, -0.05) is 27.7 Å². The van der Waals surface area contributed by atoms with E-state index in [1.807, 2.05) is 39.0 Å². The Balaban J connectivity index is 1.85. The molecule has 5 nitrogen and oxygen atoms in total. The van der Waals surface area contributed by atoms with Gasteiger partial charge in [-0.2, -0.15) is 0 Å². The second-order valence-corrected chi connectivity index (χ2v) is 8.85. The van der Waals surface area contributed by atoms with Crippen LogP contribution in [0, 0.1) is 11.3 Å². The minimum absolute atomic E-state index is 0.0343. The van der Waals surface area contributed by atoms with E-state index >= 15 is 0 Å². The van der Waals surface area contributed by atoms with E-state index in [1.54, 1.807) is 0 Å². The molecule has 2 amide bonds. The van der Waals surface area contributed by atoms with Crippen molar-refractivity contribution >= 4 is 23.2 Å². The van der Waals surface area contributed by atoms with Crippen LogP contribution < -0.4 is 15.5 Å². The summed E-state index contributed by atoms with van der Waals surface area (Å²) in [5.74, 6) is 0.652. The molecule has 0 atom stereocenters. The Labute approximate surface area is 156 Å². The first kappa shape index (κ1) is 18.7. The Morgan fingerprint density at radius 1 is 1.08 bits per heavy atom. The Morgan fingerprint density at radius 3 is 2.31 bits per heavy atom. The van der Waals surface area contributed by atoms with E-state index in [0.717, 1.165) is 50.4 Å². The number of hydrogen-bond acceptors (Lipinski definition) is 3. The third kappa shape index (κ3) is 4.57. The zero-order chi connectivity index (χ0) is 18.9. The fourth-order valence-electron chi connectivity index (χ4n) is 3.13. The number of anilines is 2. The molecular weight excluding hydrogens is 326 g/mol. The molecule has 2 fully saturated rings. The fraction of sp³-hybridized carbons (Fsp3) is 0.619. The summed E-state index contributed by atoms with van der Waals surface area (Å²) in [7, 11) is 0. The summed E-state index contributed by atoms with van der Waals surface area (Å²) in [6.07, 6.45) is 4.41. The number of carbonyl (C=O) groups excluding carboxylic acids is 2. The van der Waals surface area contributed by atoms with Gasteiger partial charge in [0.1, 0.15) is 0 Å². The highest BCUT2D eigenvalue weighted by atomic mass is 16.2. The average molecular weight is 357 g/mol. The standard InChI is InChI=1S/C21H31N3O2/c1-14-9-11-24(12-10-14)18-8-7-16(23-20(26)21(2,3)4)13-17(18)19(25)22-15-5-6-15/h7-8,13-15H,5-6,9-12H2,1-4H3,(H,22,25)(H,23,26). The van der Waals surface area contributed by atoms with E-state index in [2.05, 4.69) is 22.5 Å². The molecule has 0 aromatic heterocycles. The second-order valence-electron chi connectivity index (χ2n) is 8.85. The zero-order valence-corrected chi connectivity index (χ0v) is 16.4. The smallest absolute Gasteiger partial charge is 0.253 e. The summed E-state index contributed by atoms with van der Waals surface area (Å²) in [6.45, 7) is 9.87. The molecule has 1 aromatic rings. The van der Waals surface area contributed by atoms with Crippen LogP contribution >= 0.6 is 0 Å². The quantitative estimate of drug-likeness (QED) is 0.862. The summed E-state index contributed by atoms with van der Waals surface area (Å²) in [5.41, 5.74) is 1.85. The van der Waals surface area contributed by atoms with Gasteiger partial charge in [0.05, 0.1) is 5.56 Å². The topological polar surface area (TPSA) is 61.4 Å². The minimum atomic E-state index is -0.474. The lowest BCUT2D eigenvalue weighted by atomic mass is 9.95. The van der Waals surface area contributed by atoms with Gasteiger partial charge in [0.2, 0.25) is 5.91 Å². The summed E-state index contributed by atoms with van der Waals surface area (Å²) < 4.78 is 0. The van der Waals surface area contributed by atoms with Crippen LogP contribution in [0.15, 0.2) is 18.2 Å². The molecule has 1 heterocycles. The predicted octanol–water partition coefficient (Wildman–Crippen LogP) is 3.80. The molecule has 1 saturated heterocycles. The molecule has 0 bridgehead atoms. The molecule has 5 heteroatoms. The van der Waals surface area contributed by atoms with Gasteiger partial charge >= 0.3 is 0 Å². The molecule has 0 unspecified atom stereocenters. The first-order chi connectivity index (χ1) is 12.2. The van der Waals surface area contributed by atoms with Crippen molar-refractivity contribution in [3.05, 3.63) is 23.8 Å². The van der Waals surface area contributed by atoms with Crippen molar-refractivity contribution < 1.29 is 9.59 Å². The Kier molecular flexibility index (Phi) is 5.26. The van der Waals surface area contributed by atoms with Gasteiger partial charge in [0.25, 0.3) is 5.91 Å². The van der Waals surface area contributed by atoms with Crippen LogP contribution in [0.25, 0.3) is 0 Å². The van der Waals surface area contributed by atoms with Gasteiger partial charge in [0.15, 0.2) is 0 Å². The monoisotopic (exact) mass is 357 g/mol. The number of amides is 2. The molecule has 2 aliphatic rings. The Morgan fingerprint density at radius 2 is 1.73 bits per heavy atom. The number of hydrogen-bond donors (Lipinski definition) is 2. The number of rotatable bonds is 4.